The molecule has 0 aliphatic carbocycles. The van der Waals surface area contributed by atoms with Gasteiger partial charge in [-0.1, -0.05) is 20.8 Å². The summed E-state index contributed by atoms with van der Waals surface area (Å²) in [6.07, 6.45) is 0.949. The van der Waals surface area contributed by atoms with E-state index in [1.54, 1.807) is 0 Å². The van der Waals surface area contributed by atoms with Gasteiger partial charge in [0.2, 0.25) is 0 Å². The zero-order chi connectivity index (χ0) is 8.41. The summed E-state index contributed by atoms with van der Waals surface area (Å²) in [6, 6.07) is 0. The van der Waals surface area contributed by atoms with E-state index in [0.29, 0.717) is 5.88 Å². The van der Waals surface area contributed by atoms with Crippen LogP contribution in [0.2, 0.25) is 0 Å². The molecule has 0 heterocycles. The summed E-state index contributed by atoms with van der Waals surface area (Å²) in [5.74, 6) is 0.520. The number of rotatable bonds is 2. The Morgan fingerprint density at radius 1 is 1.10 bits per heavy atom. The minimum atomic E-state index is -0.236. The fourth-order valence-corrected chi connectivity index (χ4v) is 1.65. The molecule has 0 aromatic carbocycles. The van der Waals surface area contributed by atoms with Gasteiger partial charge in [-0.05, 0) is 18.8 Å². The third-order valence-corrected chi connectivity index (χ3v) is 2.17. The van der Waals surface area contributed by atoms with Crippen LogP contribution in [0.5, 0.6) is 0 Å². The Morgan fingerprint density at radius 3 is 1.60 bits per heavy atom. The lowest BCUT2D eigenvalue weighted by Gasteiger charge is -2.28. The third kappa shape index (κ3) is 5.37. The molecule has 0 aromatic rings. The number of hydrogen-bond donors (Lipinski definition) is 0. The lowest BCUT2D eigenvalue weighted by molar-refractivity contribution is 0.337. The summed E-state index contributed by atoms with van der Waals surface area (Å²) >= 11 is 11.7. The molecule has 0 spiro atoms. The van der Waals surface area contributed by atoms with E-state index >= 15 is 0 Å². The molecule has 0 saturated carbocycles. The molecule has 0 aromatic heterocycles. The Bertz CT molecular complexity index is 100. The molecule has 10 heavy (non-hydrogen) atoms. The van der Waals surface area contributed by atoms with Crippen LogP contribution in [0.15, 0.2) is 0 Å². The minimum Gasteiger partial charge on any atom is -0.125 e. The van der Waals surface area contributed by atoms with E-state index in [1.807, 2.05) is 6.92 Å². The quantitative estimate of drug-likeness (QED) is 0.573. The van der Waals surface area contributed by atoms with Gasteiger partial charge in [0.25, 0.3) is 0 Å². The molecule has 0 rings (SSSR count). The number of alkyl halides is 2. The molecular weight excluding hydrogens is 167 g/mol. The van der Waals surface area contributed by atoms with Crippen LogP contribution in [0.4, 0.5) is 0 Å². The maximum absolute atomic E-state index is 6.07. The Hall–Kier alpha value is 0.580. The molecule has 62 valence electrons. The van der Waals surface area contributed by atoms with Gasteiger partial charge in [-0.3, -0.25) is 0 Å². The highest BCUT2D eigenvalue weighted by molar-refractivity contribution is 6.30. The Labute approximate surface area is 73.9 Å². The van der Waals surface area contributed by atoms with Gasteiger partial charge < -0.3 is 0 Å². The first-order valence-corrected chi connectivity index (χ1v) is 4.43. The summed E-state index contributed by atoms with van der Waals surface area (Å²) in [6.45, 7) is 8.48. The number of halogens is 2. The van der Waals surface area contributed by atoms with E-state index in [1.165, 1.54) is 0 Å². The van der Waals surface area contributed by atoms with Crippen molar-refractivity contribution in [3.63, 3.8) is 0 Å². The van der Waals surface area contributed by atoms with Crippen molar-refractivity contribution < 1.29 is 0 Å². The van der Waals surface area contributed by atoms with Crippen molar-refractivity contribution >= 4 is 23.2 Å². The topological polar surface area (TPSA) is 0 Å². The van der Waals surface area contributed by atoms with E-state index in [-0.39, 0.29) is 10.3 Å². The average molecular weight is 183 g/mol. The maximum Gasteiger partial charge on any atom is 0.0558 e. The highest BCUT2D eigenvalue weighted by Gasteiger charge is 2.26. The summed E-state index contributed by atoms with van der Waals surface area (Å²) in [7, 11) is 0. The smallest absolute Gasteiger partial charge is 0.0558 e. The average Bonchev–Trinajstić information content (AvgIpc) is 1.60. The van der Waals surface area contributed by atoms with E-state index in [4.69, 9.17) is 23.2 Å². The van der Waals surface area contributed by atoms with Crippen molar-refractivity contribution in [1.29, 1.82) is 0 Å². The van der Waals surface area contributed by atoms with E-state index in [2.05, 4.69) is 20.8 Å². The van der Waals surface area contributed by atoms with Crippen molar-refractivity contribution in [1.82, 2.24) is 0 Å². The van der Waals surface area contributed by atoms with Gasteiger partial charge in [-0.2, -0.15) is 0 Å². The zero-order valence-corrected chi connectivity index (χ0v) is 8.68. The SMILES string of the molecule is CC(C)(C)CC(C)(Cl)CCl. The van der Waals surface area contributed by atoms with Crippen molar-refractivity contribution in [2.45, 2.75) is 39.0 Å². The van der Waals surface area contributed by atoms with Crippen LogP contribution in [0.3, 0.4) is 0 Å². The normalized spacial score (nSPS) is 18.6. The highest BCUT2D eigenvalue weighted by Crippen LogP contribution is 2.32. The second kappa shape index (κ2) is 3.32. The van der Waals surface area contributed by atoms with Crippen LogP contribution >= 0.6 is 23.2 Å². The van der Waals surface area contributed by atoms with Crippen molar-refractivity contribution in [2.24, 2.45) is 5.41 Å². The molecule has 0 N–H and O–H groups in total. The molecule has 0 bridgehead atoms. The van der Waals surface area contributed by atoms with Gasteiger partial charge in [0.05, 0.1) is 4.87 Å². The first-order chi connectivity index (χ1) is 4.27. The molecule has 1 unspecified atom stereocenters. The standard InChI is InChI=1S/C8H16Cl2/c1-7(2,3)5-8(4,10)6-9/h5-6H2,1-4H3. The van der Waals surface area contributed by atoms with E-state index in [9.17, 15) is 0 Å². The van der Waals surface area contributed by atoms with Crippen molar-refractivity contribution in [3.05, 3.63) is 0 Å². The van der Waals surface area contributed by atoms with Gasteiger partial charge in [0, 0.05) is 5.88 Å². The van der Waals surface area contributed by atoms with Crippen LogP contribution in [0.25, 0.3) is 0 Å². The largest absolute Gasteiger partial charge is 0.125 e. The lowest BCUT2D eigenvalue weighted by atomic mass is 9.86. The van der Waals surface area contributed by atoms with Crippen molar-refractivity contribution in [2.75, 3.05) is 5.88 Å². The predicted molar refractivity (Wildman–Crippen MR) is 49.1 cm³/mol. The van der Waals surface area contributed by atoms with Crippen LogP contribution < -0.4 is 0 Å². The fraction of sp³-hybridized carbons (Fsp3) is 1.00. The van der Waals surface area contributed by atoms with Crippen molar-refractivity contribution in [3.8, 4) is 0 Å². The fourth-order valence-electron chi connectivity index (χ4n) is 1.15. The third-order valence-electron chi connectivity index (χ3n) is 1.18. The summed E-state index contributed by atoms with van der Waals surface area (Å²) in [4.78, 5) is -0.236. The predicted octanol–water partition coefficient (Wildman–Crippen LogP) is 3.66. The molecule has 2 heteroatoms. The zero-order valence-electron chi connectivity index (χ0n) is 7.17. The molecule has 1 atom stereocenters. The Kier molecular flexibility index (Phi) is 3.51. The molecule has 0 aliphatic heterocycles. The van der Waals surface area contributed by atoms with E-state index < -0.39 is 0 Å². The summed E-state index contributed by atoms with van der Waals surface area (Å²) in [5.41, 5.74) is 0.269. The Morgan fingerprint density at radius 2 is 1.50 bits per heavy atom. The van der Waals surface area contributed by atoms with Crippen LogP contribution in [-0.4, -0.2) is 10.8 Å². The number of hydrogen-bond acceptors (Lipinski definition) is 0. The maximum atomic E-state index is 6.07. The van der Waals surface area contributed by atoms with Gasteiger partial charge in [-0.25, -0.2) is 0 Å². The molecule has 0 radical (unpaired) electrons. The molecule has 0 fully saturated rings. The van der Waals surface area contributed by atoms with Crippen LogP contribution in [-0.2, 0) is 0 Å². The molecule has 0 nitrogen and oxygen atoms in total. The second-order valence-electron chi connectivity index (χ2n) is 4.28. The van der Waals surface area contributed by atoms with Gasteiger partial charge in [0.15, 0.2) is 0 Å². The summed E-state index contributed by atoms with van der Waals surface area (Å²) < 4.78 is 0. The van der Waals surface area contributed by atoms with Crippen LogP contribution in [0, 0.1) is 5.41 Å². The highest BCUT2D eigenvalue weighted by atomic mass is 35.5. The minimum absolute atomic E-state index is 0.236. The lowest BCUT2D eigenvalue weighted by Crippen LogP contribution is -2.25. The first-order valence-electron chi connectivity index (χ1n) is 3.52. The molecule has 0 amide bonds. The van der Waals surface area contributed by atoms with E-state index in [0.717, 1.165) is 6.42 Å². The van der Waals surface area contributed by atoms with Gasteiger partial charge in [0.1, 0.15) is 0 Å². The summed E-state index contributed by atoms with van der Waals surface area (Å²) in [5, 5.41) is 0. The Balaban J connectivity index is 3.89. The van der Waals surface area contributed by atoms with Gasteiger partial charge >= 0.3 is 0 Å². The monoisotopic (exact) mass is 182 g/mol. The van der Waals surface area contributed by atoms with Gasteiger partial charge in [-0.15, -0.1) is 23.2 Å². The van der Waals surface area contributed by atoms with Crippen LogP contribution in [0.1, 0.15) is 34.1 Å². The first kappa shape index (κ1) is 10.6. The molecule has 0 saturated heterocycles. The molecule has 0 aliphatic rings. The molecular formula is C8H16Cl2. The second-order valence-corrected chi connectivity index (χ2v) is 5.46.